The van der Waals surface area contributed by atoms with Gasteiger partial charge in [-0.2, -0.15) is 0 Å². The van der Waals surface area contributed by atoms with E-state index in [0.717, 1.165) is 74.8 Å². The third kappa shape index (κ3) is 5.54. The quantitative estimate of drug-likeness (QED) is 0.608. The van der Waals surface area contributed by atoms with Crippen molar-refractivity contribution in [2.45, 2.75) is 27.7 Å². The number of nitrogens with zero attached hydrogens (tertiary/aromatic N) is 4. The van der Waals surface area contributed by atoms with Crippen molar-refractivity contribution in [1.29, 1.82) is 0 Å². The molecule has 0 spiro atoms. The van der Waals surface area contributed by atoms with Crippen molar-refractivity contribution in [2.24, 2.45) is 0 Å². The predicted octanol–water partition coefficient (Wildman–Crippen LogP) is 3.14. The van der Waals surface area contributed by atoms with Gasteiger partial charge in [-0.1, -0.05) is 27.7 Å². The number of likely N-dealkylation sites (N-methyl/N-ethyl adjacent to an activating group) is 2. The van der Waals surface area contributed by atoms with E-state index < -0.39 is 0 Å². The average molecular weight is 359 g/mol. The van der Waals surface area contributed by atoms with Gasteiger partial charge < -0.3 is 20.4 Å². The summed E-state index contributed by atoms with van der Waals surface area (Å²) in [5.74, 6) is 0. The van der Waals surface area contributed by atoms with Crippen LogP contribution in [0.2, 0.25) is 0 Å². The number of hydrogen-bond donors (Lipinski definition) is 2. The van der Waals surface area contributed by atoms with Crippen molar-refractivity contribution in [3.05, 3.63) is 24.5 Å². The van der Waals surface area contributed by atoms with E-state index in [0.29, 0.717) is 0 Å². The van der Waals surface area contributed by atoms with Crippen LogP contribution >= 0.6 is 0 Å². The Labute approximate surface area is 158 Å². The number of rotatable bonds is 12. The molecule has 2 rings (SSSR count). The fourth-order valence-electron chi connectivity index (χ4n) is 3.11. The minimum atomic E-state index is 0.905. The van der Waals surface area contributed by atoms with E-state index in [1.54, 1.807) is 0 Å². The third-order valence-corrected chi connectivity index (χ3v) is 4.90. The first-order valence-corrected chi connectivity index (χ1v) is 9.89. The molecule has 6 nitrogen and oxygen atoms in total. The molecule has 0 radical (unpaired) electrons. The molecule has 2 N–H and O–H groups in total. The van der Waals surface area contributed by atoms with Crippen LogP contribution in [0.25, 0.3) is 11.0 Å². The number of pyridine rings is 2. The summed E-state index contributed by atoms with van der Waals surface area (Å²) in [4.78, 5) is 13.9. The highest BCUT2D eigenvalue weighted by Crippen LogP contribution is 2.24. The SMILES string of the molecule is CCN(CC)CCNc1ccnc2c(NCCN(CC)CC)ccnc12. The monoisotopic (exact) mass is 358 g/mol. The minimum Gasteiger partial charge on any atom is -0.382 e. The topological polar surface area (TPSA) is 56.3 Å². The van der Waals surface area contributed by atoms with Crippen molar-refractivity contribution >= 4 is 22.4 Å². The molecule has 2 aromatic heterocycles. The zero-order chi connectivity index (χ0) is 18.8. The smallest absolute Gasteiger partial charge is 0.114 e. The van der Waals surface area contributed by atoms with E-state index in [-0.39, 0.29) is 0 Å². The molecule has 26 heavy (non-hydrogen) atoms. The maximum absolute atomic E-state index is 4.57. The van der Waals surface area contributed by atoms with Gasteiger partial charge >= 0.3 is 0 Å². The summed E-state index contributed by atoms with van der Waals surface area (Å²) in [7, 11) is 0. The molecule has 0 fully saturated rings. The summed E-state index contributed by atoms with van der Waals surface area (Å²) in [6.45, 7) is 17.0. The molecule has 2 aromatic rings. The maximum atomic E-state index is 4.57. The van der Waals surface area contributed by atoms with Crippen molar-refractivity contribution < 1.29 is 0 Å². The number of nitrogens with one attached hydrogen (secondary N) is 2. The lowest BCUT2D eigenvalue weighted by Crippen LogP contribution is -2.29. The second-order valence-electron chi connectivity index (χ2n) is 6.32. The van der Waals surface area contributed by atoms with Crippen molar-refractivity contribution in [2.75, 3.05) is 63.0 Å². The van der Waals surface area contributed by atoms with E-state index in [1.807, 2.05) is 24.5 Å². The first-order chi connectivity index (χ1) is 12.7. The van der Waals surface area contributed by atoms with Crippen molar-refractivity contribution in [3.63, 3.8) is 0 Å². The molecule has 0 aliphatic carbocycles. The van der Waals surface area contributed by atoms with Gasteiger partial charge in [-0.25, -0.2) is 0 Å². The molecule has 0 aliphatic rings. The van der Waals surface area contributed by atoms with Crippen molar-refractivity contribution in [3.8, 4) is 0 Å². The summed E-state index contributed by atoms with van der Waals surface area (Å²) in [5.41, 5.74) is 3.96. The Bertz CT molecular complexity index is 595. The predicted molar refractivity (Wildman–Crippen MR) is 112 cm³/mol. The molecule has 0 atom stereocenters. The van der Waals surface area contributed by atoms with Gasteiger partial charge in [0.25, 0.3) is 0 Å². The molecule has 0 saturated heterocycles. The molecule has 0 amide bonds. The van der Waals surface area contributed by atoms with Crippen LogP contribution in [-0.2, 0) is 0 Å². The number of anilines is 2. The standard InChI is InChI=1S/C20H34N6/c1-5-25(6-2)15-13-21-17-9-11-24-20-18(10-12-23-19(17)20)22-14-16-26(7-3)8-4/h9-12H,5-8,13-16H2,1-4H3,(H,21,24)(H,22,23). The van der Waals surface area contributed by atoms with Crippen LogP contribution in [0, 0.1) is 0 Å². The number of aromatic nitrogens is 2. The highest BCUT2D eigenvalue weighted by Gasteiger charge is 2.08. The minimum absolute atomic E-state index is 0.905. The van der Waals surface area contributed by atoms with Gasteiger partial charge in [0.1, 0.15) is 11.0 Å². The van der Waals surface area contributed by atoms with Crippen LogP contribution in [0.5, 0.6) is 0 Å². The molecule has 0 aromatic carbocycles. The van der Waals surface area contributed by atoms with Crippen molar-refractivity contribution in [1.82, 2.24) is 19.8 Å². The molecule has 0 bridgehead atoms. The summed E-state index contributed by atoms with van der Waals surface area (Å²) < 4.78 is 0. The highest BCUT2D eigenvalue weighted by molar-refractivity contribution is 5.95. The van der Waals surface area contributed by atoms with Crippen LogP contribution in [0.4, 0.5) is 11.4 Å². The summed E-state index contributed by atoms with van der Waals surface area (Å²) in [6.07, 6.45) is 3.72. The van der Waals surface area contributed by atoms with Crippen LogP contribution in [-0.4, -0.2) is 72.1 Å². The summed E-state index contributed by atoms with van der Waals surface area (Å²) in [6, 6.07) is 4.02. The Morgan fingerprint density at radius 3 is 1.42 bits per heavy atom. The lowest BCUT2D eigenvalue weighted by molar-refractivity contribution is 0.316. The molecule has 144 valence electrons. The number of hydrogen-bond acceptors (Lipinski definition) is 6. The Balaban J connectivity index is 2.05. The van der Waals surface area contributed by atoms with Gasteiger partial charge in [0.15, 0.2) is 0 Å². The molecule has 0 saturated carbocycles. The average Bonchev–Trinajstić information content (AvgIpc) is 2.69. The first kappa shape index (κ1) is 20.4. The van der Waals surface area contributed by atoms with E-state index in [2.05, 4.69) is 58.1 Å². The van der Waals surface area contributed by atoms with Gasteiger partial charge in [-0.15, -0.1) is 0 Å². The summed E-state index contributed by atoms with van der Waals surface area (Å²) in [5, 5.41) is 7.05. The van der Waals surface area contributed by atoms with E-state index >= 15 is 0 Å². The van der Waals surface area contributed by atoms with Gasteiger partial charge in [0.2, 0.25) is 0 Å². The maximum Gasteiger partial charge on any atom is 0.114 e. The molecule has 0 unspecified atom stereocenters. The number of fused-ring (bicyclic) bond motifs is 1. The lowest BCUT2D eigenvalue weighted by Gasteiger charge is -2.19. The third-order valence-electron chi connectivity index (χ3n) is 4.90. The van der Waals surface area contributed by atoms with Crippen LogP contribution in [0.1, 0.15) is 27.7 Å². The Hall–Kier alpha value is -1.92. The fourth-order valence-corrected chi connectivity index (χ4v) is 3.11. The molecule has 0 aliphatic heterocycles. The van der Waals surface area contributed by atoms with Gasteiger partial charge in [0.05, 0.1) is 11.4 Å². The van der Waals surface area contributed by atoms with Gasteiger partial charge in [0, 0.05) is 38.6 Å². The second kappa shape index (κ2) is 10.9. The van der Waals surface area contributed by atoms with Crippen LogP contribution in [0.3, 0.4) is 0 Å². The van der Waals surface area contributed by atoms with Gasteiger partial charge in [-0.3, -0.25) is 9.97 Å². The Morgan fingerprint density at radius 1 is 0.692 bits per heavy atom. The zero-order valence-corrected chi connectivity index (χ0v) is 16.8. The molecular weight excluding hydrogens is 324 g/mol. The largest absolute Gasteiger partial charge is 0.382 e. The Kier molecular flexibility index (Phi) is 8.58. The first-order valence-electron chi connectivity index (χ1n) is 9.89. The lowest BCUT2D eigenvalue weighted by atomic mass is 10.2. The molecule has 6 heteroatoms. The molecule has 2 heterocycles. The second-order valence-corrected chi connectivity index (χ2v) is 6.32. The fraction of sp³-hybridized carbons (Fsp3) is 0.600. The van der Waals surface area contributed by atoms with E-state index in [4.69, 9.17) is 0 Å². The highest BCUT2D eigenvalue weighted by atomic mass is 15.1. The van der Waals surface area contributed by atoms with E-state index in [9.17, 15) is 0 Å². The normalized spacial score (nSPS) is 11.5. The van der Waals surface area contributed by atoms with Crippen LogP contribution < -0.4 is 10.6 Å². The Morgan fingerprint density at radius 2 is 1.08 bits per heavy atom. The summed E-state index contributed by atoms with van der Waals surface area (Å²) >= 11 is 0. The van der Waals surface area contributed by atoms with Crippen LogP contribution in [0.15, 0.2) is 24.5 Å². The van der Waals surface area contributed by atoms with E-state index in [1.165, 1.54) is 0 Å². The molecular formula is C20H34N6. The zero-order valence-electron chi connectivity index (χ0n) is 16.8. The van der Waals surface area contributed by atoms with Gasteiger partial charge in [-0.05, 0) is 38.3 Å².